The highest BCUT2D eigenvalue weighted by Crippen LogP contribution is 2.40. The fraction of sp³-hybridized carbons (Fsp3) is 0.911. The van der Waals surface area contributed by atoms with E-state index in [1.54, 1.807) is 0 Å². The van der Waals surface area contributed by atoms with E-state index in [2.05, 4.69) is 20.8 Å². The lowest BCUT2D eigenvalue weighted by molar-refractivity contribution is -0.264. The van der Waals surface area contributed by atoms with Gasteiger partial charge < -0.3 is 0 Å². The van der Waals surface area contributed by atoms with Crippen molar-refractivity contribution in [2.45, 2.75) is 245 Å². The third-order valence-corrected chi connectivity index (χ3v) is 11.2. The Hall–Kier alpha value is -2.12. The Morgan fingerprint density at radius 1 is 0.396 bits per heavy atom. The number of carbonyl (C=O) groups excluding carboxylic acids is 4. The van der Waals surface area contributed by atoms with Gasteiger partial charge in [0.2, 0.25) is 0 Å². The zero-order valence-corrected chi connectivity index (χ0v) is 34.7. The van der Waals surface area contributed by atoms with Gasteiger partial charge in [0.25, 0.3) is 0 Å². The molecule has 0 aromatic rings. The molecule has 0 radical (unpaired) electrons. The maximum absolute atomic E-state index is 13.2. The summed E-state index contributed by atoms with van der Waals surface area (Å²) in [6.45, 7) is 6.67. The summed E-state index contributed by atoms with van der Waals surface area (Å²) in [5.41, 5.74) is 0. The van der Waals surface area contributed by atoms with Crippen molar-refractivity contribution in [3.05, 3.63) is 0 Å². The summed E-state index contributed by atoms with van der Waals surface area (Å²) in [6, 6.07) is 0. The van der Waals surface area contributed by atoms with Crippen LogP contribution in [0, 0.1) is 17.8 Å². The van der Waals surface area contributed by atoms with Crippen molar-refractivity contribution in [2.24, 2.45) is 17.8 Å². The van der Waals surface area contributed by atoms with Crippen LogP contribution in [0.2, 0.25) is 0 Å². The van der Waals surface area contributed by atoms with E-state index in [1.165, 1.54) is 96.3 Å². The predicted octanol–water partition coefficient (Wildman–Crippen LogP) is 13.6. The molecule has 3 unspecified atom stereocenters. The van der Waals surface area contributed by atoms with Gasteiger partial charge in [0.05, 0.1) is 25.2 Å². The van der Waals surface area contributed by atoms with Crippen molar-refractivity contribution in [3.8, 4) is 0 Å². The molecule has 1 saturated carbocycles. The molecular formula is C45H82O8. The van der Waals surface area contributed by atoms with E-state index in [1.807, 2.05) is 0 Å². The van der Waals surface area contributed by atoms with E-state index >= 15 is 0 Å². The average Bonchev–Trinajstić information content (AvgIpc) is 3.16. The van der Waals surface area contributed by atoms with Gasteiger partial charge in [0.15, 0.2) is 0 Å². The maximum Gasteiger partial charge on any atom is 0.358 e. The molecule has 310 valence electrons. The van der Waals surface area contributed by atoms with Gasteiger partial charge >= 0.3 is 23.9 Å². The van der Waals surface area contributed by atoms with Gasteiger partial charge in [-0.3, -0.25) is 0 Å². The summed E-state index contributed by atoms with van der Waals surface area (Å²) in [5.74, 6) is -1.20. The third-order valence-electron chi connectivity index (χ3n) is 11.2. The highest BCUT2D eigenvalue weighted by atomic mass is 17.2. The molecule has 53 heavy (non-hydrogen) atoms. The van der Waals surface area contributed by atoms with Crippen LogP contribution in [0.5, 0.6) is 0 Å². The highest BCUT2D eigenvalue weighted by Gasteiger charge is 2.37. The van der Waals surface area contributed by atoms with Gasteiger partial charge in [0.1, 0.15) is 0 Å². The molecule has 1 fully saturated rings. The fourth-order valence-electron chi connectivity index (χ4n) is 7.81. The molecular weight excluding hydrogens is 668 g/mol. The smallest absolute Gasteiger partial charge is 0.247 e. The molecule has 0 aromatic carbocycles. The lowest BCUT2D eigenvalue weighted by atomic mass is 9.71. The molecule has 0 amide bonds. The number of unbranched alkanes of at least 4 members (excludes halogenated alkanes) is 23. The molecule has 3 atom stereocenters. The molecule has 1 aliphatic carbocycles. The lowest BCUT2D eigenvalue weighted by Gasteiger charge is -2.34. The monoisotopic (exact) mass is 751 g/mol. The lowest BCUT2D eigenvalue weighted by Crippen LogP contribution is -2.33. The van der Waals surface area contributed by atoms with Gasteiger partial charge in [-0.1, -0.05) is 188 Å². The normalized spacial score (nSPS) is 17.0. The molecule has 0 heterocycles. The summed E-state index contributed by atoms with van der Waals surface area (Å²) in [7, 11) is 0. The van der Waals surface area contributed by atoms with Gasteiger partial charge in [-0.05, 0) is 50.4 Å². The molecule has 8 nitrogen and oxygen atoms in total. The molecule has 1 rings (SSSR count). The maximum atomic E-state index is 13.2. The van der Waals surface area contributed by atoms with Crippen molar-refractivity contribution >= 4 is 23.9 Å². The summed E-state index contributed by atoms with van der Waals surface area (Å²) in [6.07, 6.45) is 36.6. The molecule has 0 bridgehead atoms. The van der Waals surface area contributed by atoms with E-state index in [0.717, 1.165) is 103 Å². The van der Waals surface area contributed by atoms with Crippen molar-refractivity contribution < 1.29 is 38.7 Å². The second-order valence-corrected chi connectivity index (χ2v) is 16.1. The van der Waals surface area contributed by atoms with Crippen LogP contribution in [-0.4, -0.2) is 23.9 Å². The Kier molecular flexibility index (Phi) is 32.8. The van der Waals surface area contributed by atoms with Crippen LogP contribution in [0.25, 0.3) is 0 Å². The van der Waals surface area contributed by atoms with Crippen LogP contribution in [0.4, 0.5) is 0 Å². The largest absolute Gasteiger partial charge is 0.358 e. The van der Waals surface area contributed by atoms with Crippen molar-refractivity contribution in [2.75, 3.05) is 0 Å². The summed E-state index contributed by atoms with van der Waals surface area (Å²) >= 11 is 0. The molecule has 0 aromatic heterocycles. The first-order valence-electron chi connectivity index (χ1n) is 22.7. The number of rotatable bonds is 34. The molecule has 0 saturated heterocycles. The number of hydrogen-bond donors (Lipinski definition) is 0. The average molecular weight is 751 g/mol. The molecule has 0 N–H and O–H groups in total. The summed E-state index contributed by atoms with van der Waals surface area (Å²) in [4.78, 5) is 69.1. The Bertz CT molecular complexity index is 905. The highest BCUT2D eigenvalue weighted by molar-refractivity contribution is 5.75. The van der Waals surface area contributed by atoms with Crippen molar-refractivity contribution in [1.82, 2.24) is 0 Å². The SMILES string of the molecule is CCCCCCCCCCCC(=O)OOC(=O)CCCCCCCC1CCC(CCCCCC)C(C(=O)OOC(=O)CCCCCCCCCCC)C1. The predicted molar refractivity (Wildman–Crippen MR) is 213 cm³/mol. The minimum absolute atomic E-state index is 0.207. The van der Waals surface area contributed by atoms with Gasteiger partial charge in [-0.25, -0.2) is 38.7 Å². The topological polar surface area (TPSA) is 105 Å². The Labute approximate surface area is 325 Å². The second-order valence-electron chi connectivity index (χ2n) is 16.1. The first-order chi connectivity index (χ1) is 25.9. The molecule has 8 heteroatoms. The minimum atomic E-state index is -0.482. The van der Waals surface area contributed by atoms with Crippen molar-refractivity contribution in [1.29, 1.82) is 0 Å². The minimum Gasteiger partial charge on any atom is -0.247 e. The van der Waals surface area contributed by atoms with E-state index in [-0.39, 0.29) is 18.3 Å². The standard InChI is InChI=1S/C45H82O8/c1-4-7-10-13-15-17-19-23-28-33-42(46)50-51-43(47)34-30-25-21-22-26-31-39-36-37-40(32-27-12-9-6-3)41(38-39)45(49)53-52-44(48)35-29-24-20-18-16-14-11-8-5-2/h39-41H,4-38H2,1-3H3. The number of hydrogen-bond acceptors (Lipinski definition) is 8. The van der Waals surface area contributed by atoms with Gasteiger partial charge in [-0.2, -0.15) is 0 Å². The third kappa shape index (κ3) is 28.9. The number of carbonyl (C=O) groups is 4. The summed E-state index contributed by atoms with van der Waals surface area (Å²) in [5, 5.41) is 0. The Balaban J connectivity index is 2.22. The van der Waals surface area contributed by atoms with E-state index in [9.17, 15) is 19.2 Å². The van der Waals surface area contributed by atoms with E-state index in [0.29, 0.717) is 31.1 Å². The van der Waals surface area contributed by atoms with Crippen LogP contribution in [-0.2, 0) is 38.7 Å². The van der Waals surface area contributed by atoms with Crippen LogP contribution in [0.3, 0.4) is 0 Å². The first-order valence-corrected chi connectivity index (χ1v) is 22.7. The molecule has 1 aliphatic rings. The second kappa shape index (κ2) is 35.6. The quantitative estimate of drug-likeness (QED) is 0.0364. The molecule has 0 spiro atoms. The zero-order valence-electron chi connectivity index (χ0n) is 34.7. The summed E-state index contributed by atoms with van der Waals surface area (Å²) < 4.78 is 0. The van der Waals surface area contributed by atoms with E-state index < -0.39 is 17.9 Å². The van der Waals surface area contributed by atoms with Gasteiger partial charge in [-0.15, -0.1) is 0 Å². The Morgan fingerprint density at radius 3 is 1.17 bits per heavy atom. The zero-order chi connectivity index (χ0) is 38.6. The van der Waals surface area contributed by atoms with Crippen LogP contribution >= 0.6 is 0 Å². The van der Waals surface area contributed by atoms with E-state index in [4.69, 9.17) is 19.6 Å². The fourth-order valence-corrected chi connectivity index (χ4v) is 7.81. The molecule has 0 aliphatic heterocycles. The van der Waals surface area contributed by atoms with Crippen LogP contribution < -0.4 is 0 Å². The van der Waals surface area contributed by atoms with Crippen LogP contribution in [0.15, 0.2) is 0 Å². The first kappa shape index (κ1) is 48.9. The Morgan fingerprint density at radius 2 is 0.736 bits per heavy atom. The van der Waals surface area contributed by atoms with Crippen LogP contribution in [0.1, 0.15) is 245 Å². The van der Waals surface area contributed by atoms with Crippen molar-refractivity contribution in [3.63, 3.8) is 0 Å². The van der Waals surface area contributed by atoms with Gasteiger partial charge in [0, 0.05) is 0 Å².